The summed E-state index contributed by atoms with van der Waals surface area (Å²) in [5.74, 6) is -0.805. The van der Waals surface area contributed by atoms with Crippen molar-refractivity contribution in [2.75, 3.05) is 6.54 Å². The number of carbonyl (C=O) groups is 3. The van der Waals surface area contributed by atoms with Crippen molar-refractivity contribution in [1.82, 2.24) is 15.5 Å². The summed E-state index contributed by atoms with van der Waals surface area (Å²) in [5.41, 5.74) is 2.51. The van der Waals surface area contributed by atoms with E-state index in [4.69, 9.17) is 11.6 Å². The lowest BCUT2D eigenvalue weighted by atomic mass is 9.92. The summed E-state index contributed by atoms with van der Waals surface area (Å²) in [6.07, 6.45) is 1.20. The smallest absolute Gasteiger partial charge is 0.325 e. The first-order chi connectivity index (χ1) is 16.0. The maximum atomic E-state index is 13.3. The molecular formula is C26H22ClN3O3. The summed E-state index contributed by atoms with van der Waals surface area (Å²) in [4.78, 5) is 40.2. The number of amides is 4. The van der Waals surface area contributed by atoms with Crippen LogP contribution in [0.25, 0.3) is 0 Å². The summed E-state index contributed by atoms with van der Waals surface area (Å²) < 4.78 is 0. The second kappa shape index (κ2) is 8.37. The normalized spacial score (nSPS) is 20.0. The van der Waals surface area contributed by atoms with Crippen molar-refractivity contribution in [2.45, 2.75) is 24.4 Å². The highest BCUT2D eigenvalue weighted by molar-refractivity contribution is 6.30. The Hall–Kier alpha value is -3.64. The molecule has 5 rings (SSSR count). The minimum atomic E-state index is -1.08. The number of benzene rings is 3. The molecule has 1 spiro atoms. The number of hydrogen-bond donors (Lipinski definition) is 2. The van der Waals surface area contributed by atoms with E-state index in [2.05, 4.69) is 10.6 Å². The van der Waals surface area contributed by atoms with Crippen molar-refractivity contribution in [3.8, 4) is 0 Å². The van der Waals surface area contributed by atoms with E-state index in [-0.39, 0.29) is 12.5 Å². The molecule has 2 unspecified atom stereocenters. The Morgan fingerprint density at radius 3 is 2.39 bits per heavy atom. The number of nitrogens with zero attached hydrogens (tertiary/aromatic N) is 1. The molecule has 1 aliphatic heterocycles. The minimum Gasteiger partial charge on any atom is -0.344 e. The Labute approximate surface area is 196 Å². The fourth-order valence-electron chi connectivity index (χ4n) is 4.74. The molecular weight excluding hydrogens is 438 g/mol. The molecule has 2 N–H and O–H groups in total. The van der Waals surface area contributed by atoms with Crippen molar-refractivity contribution in [2.24, 2.45) is 0 Å². The molecule has 1 fully saturated rings. The average molecular weight is 460 g/mol. The van der Waals surface area contributed by atoms with Gasteiger partial charge in [0.15, 0.2) is 0 Å². The molecule has 0 saturated carbocycles. The molecule has 2 atom stereocenters. The van der Waals surface area contributed by atoms with Gasteiger partial charge in [0, 0.05) is 5.02 Å². The molecule has 3 aromatic rings. The number of halogens is 1. The summed E-state index contributed by atoms with van der Waals surface area (Å²) in [7, 11) is 0. The largest absolute Gasteiger partial charge is 0.344 e. The zero-order valence-corrected chi connectivity index (χ0v) is 18.5. The van der Waals surface area contributed by atoms with E-state index in [1.165, 1.54) is 0 Å². The lowest BCUT2D eigenvalue weighted by molar-refractivity contribution is -0.135. The van der Waals surface area contributed by atoms with E-state index in [1.807, 2.05) is 66.7 Å². The number of nitrogens with one attached hydrogen (secondary N) is 2. The molecule has 4 amide bonds. The van der Waals surface area contributed by atoms with E-state index < -0.39 is 23.5 Å². The highest BCUT2D eigenvalue weighted by Crippen LogP contribution is 2.41. The third-order valence-corrected chi connectivity index (χ3v) is 6.62. The molecule has 1 aliphatic carbocycles. The van der Waals surface area contributed by atoms with Crippen molar-refractivity contribution < 1.29 is 14.4 Å². The number of fused-ring (bicyclic) bond motifs is 2. The van der Waals surface area contributed by atoms with Gasteiger partial charge in [0.25, 0.3) is 5.91 Å². The van der Waals surface area contributed by atoms with Crippen LogP contribution in [0.4, 0.5) is 4.79 Å². The highest BCUT2D eigenvalue weighted by Gasteiger charge is 2.55. The fraction of sp³-hybridized carbons (Fsp3) is 0.192. The Morgan fingerprint density at radius 1 is 0.970 bits per heavy atom. The van der Waals surface area contributed by atoms with Crippen LogP contribution >= 0.6 is 11.6 Å². The molecule has 3 aromatic carbocycles. The molecule has 1 saturated heterocycles. The van der Waals surface area contributed by atoms with Crippen LogP contribution in [-0.2, 0) is 21.5 Å². The van der Waals surface area contributed by atoms with Gasteiger partial charge in [-0.25, -0.2) is 4.79 Å². The molecule has 2 aliphatic rings. The van der Waals surface area contributed by atoms with Gasteiger partial charge in [0.2, 0.25) is 5.91 Å². The van der Waals surface area contributed by atoms with Gasteiger partial charge in [-0.05, 0) is 47.2 Å². The van der Waals surface area contributed by atoms with Crippen LogP contribution in [0.3, 0.4) is 0 Å². The maximum Gasteiger partial charge on any atom is 0.325 e. The second-order valence-corrected chi connectivity index (χ2v) is 8.78. The molecule has 166 valence electrons. The second-order valence-electron chi connectivity index (χ2n) is 8.35. The number of rotatable bonds is 5. The number of urea groups is 1. The van der Waals surface area contributed by atoms with Crippen LogP contribution in [0, 0.1) is 0 Å². The van der Waals surface area contributed by atoms with Crippen LogP contribution in [0.1, 0.15) is 34.7 Å². The Kier molecular flexibility index (Phi) is 5.38. The van der Waals surface area contributed by atoms with Crippen LogP contribution in [-0.4, -0.2) is 29.3 Å². The van der Waals surface area contributed by atoms with Gasteiger partial charge in [-0.3, -0.25) is 14.5 Å². The van der Waals surface area contributed by atoms with E-state index >= 15 is 0 Å². The van der Waals surface area contributed by atoms with Crippen LogP contribution in [0.2, 0.25) is 5.02 Å². The first-order valence-corrected chi connectivity index (χ1v) is 11.2. The predicted molar refractivity (Wildman–Crippen MR) is 125 cm³/mol. The number of carbonyl (C=O) groups excluding carboxylic acids is 3. The number of aryl methyl sites for hydroxylation is 1. The summed E-state index contributed by atoms with van der Waals surface area (Å²) in [5, 5.41) is 6.43. The van der Waals surface area contributed by atoms with Crippen LogP contribution in [0.5, 0.6) is 0 Å². The SMILES string of the molecule is O=C(CN1C(=O)NC2(CCc3ccccc32)C1=O)NC(c1ccccc1)c1ccc(Cl)cc1. The molecule has 0 bridgehead atoms. The van der Waals surface area contributed by atoms with E-state index in [0.717, 1.165) is 27.2 Å². The molecule has 7 heteroatoms. The molecule has 33 heavy (non-hydrogen) atoms. The quantitative estimate of drug-likeness (QED) is 0.567. The number of hydrogen-bond acceptors (Lipinski definition) is 3. The summed E-state index contributed by atoms with van der Waals surface area (Å²) in [6, 6.07) is 23.4. The monoisotopic (exact) mass is 459 g/mol. The Balaban J connectivity index is 1.37. The standard InChI is InChI=1S/C26H22ClN3O3/c27-20-12-10-19(11-13-20)23(18-7-2-1-3-8-18)28-22(31)16-30-24(32)26(29-25(30)33)15-14-17-6-4-5-9-21(17)26/h1-13,23H,14-16H2,(H,28,31)(H,29,33). The summed E-state index contributed by atoms with van der Waals surface area (Å²) >= 11 is 6.03. The zero-order valence-electron chi connectivity index (χ0n) is 17.8. The van der Waals surface area contributed by atoms with Gasteiger partial charge in [0.05, 0.1) is 6.04 Å². The third-order valence-electron chi connectivity index (χ3n) is 6.37. The van der Waals surface area contributed by atoms with Gasteiger partial charge in [-0.15, -0.1) is 0 Å². The van der Waals surface area contributed by atoms with Crippen molar-refractivity contribution in [1.29, 1.82) is 0 Å². The van der Waals surface area contributed by atoms with Gasteiger partial charge in [0.1, 0.15) is 12.1 Å². The topological polar surface area (TPSA) is 78.5 Å². The first-order valence-electron chi connectivity index (χ1n) is 10.8. The highest BCUT2D eigenvalue weighted by atomic mass is 35.5. The minimum absolute atomic E-state index is 0.356. The number of imide groups is 1. The van der Waals surface area contributed by atoms with E-state index in [9.17, 15) is 14.4 Å². The predicted octanol–water partition coefficient (Wildman–Crippen LogP) is 3.94. The molecule has 0 aromatic heterocycles. The van der Waals surface area contributed by atoms with Crippen LogP contribution in [0.15, 0.2) is 78.9 Å². The third kappa shape index (κ3) is 3.76. The van der Waals surface area contributed by atoms with E-state index in [1.54, 1.807) is 12.1 Å². The fourth-order valence-corrected chi connectivity index (χ4v) is 4.87. The van der Waals surface area contributed by atoms with Crippen molar-refractivity contribution in [3.63, 3.8) is 0 Å². The van der Waals surface area contributed by atoms with Crippen LogP contribution < -0.4 is 10.6 Å². The Bertz CT molecular complexity index is 1230. The average Bonchev–Trinajstić information content (AvgIpc) is 3.32. The van der Waals surface area contributed by atoms with Gasteiger partial charge in [-0.2, -0.15) is 0 Å². The first kappa shape index (κ1) is 21.2. The summed E-state index contributed by atoms with van der Waals surface area (Å²) in [6.45, 7) is -0.356. The zero-order chi connectivity index (χ0) is 23.0. The molecule has 6 nitrogen and oxygen atoms in total. The molecule has 1 heterocycles. The van der Waals surface area contributed by atoms with Crippen molar-refractivity contribution in [3.05, 3.63) is 106 Å². The van der Waals surface area contributed by atoms with Crippen molar-refractivity contribution >= 4 is 29.4 Å². The van der Waals surface area contributed by atoms with Gasteiger partial charge < -0.3 is 10.6 Å². The lowest BCUT2D eigenvalue weighted by Gasteiger charge is -2.23. The van der Waals surface area contributed by atoms with Gasteiger partial charge >= 0.3 is 6.03 Å². The Morgan fingerprint density at radius 2 is 1.64 bits per heavy atom. The lowest BCUT2D eigenvalue weighted by Crippen LogP contribution is -2.44. The maximum absolute atomic E-state index is 13.3. The van der Waals surface area contributed by atoms with E-state index in [0.29, 0.717) is 17.9 Å². The van der Waals surface area contributed by atoms with Gasteiger partial charge in [-0.1, -0.05) is 78.3 Å². The molecule has 0 radical (unpaired) electrons.